The molecule has 2 aliphatic rings. The van der Waals surface area contributed by atoms with E-state index in [9.17, 15) is 9.59 Å². The van der Waals surface area contributed by atoms with Crippen molar-refractivity contribution in [2.75, 3.05) is 0 Å². The zero-order valence-electron chi connectivity index (χ0n) is 19.2. The van der Waals surface area contributed by atoms with Crippen LogP contribution in [0.25, 0.3) is 0 Å². The topological polar surface area (TPSA) is 52.6 Å². The van der Waals surface area contributed by atoms with Gasteiger partial charge in [-0.1, -0.05) is 65.5 Å². The second kappa shape index (κ2) is 13.0. The Morgan fingerprint density at radius 3 is 1.50 bits per heavy atom. The molecule has 6 unspecified atom stereocenters. The minimum atomic E-state index is -0.293. The molecule has 2 aliphatic carbocycles. The Hall–Kier alpha value is -1.58. The molecule has 0 aromatic heterocycles. The number of rotatable bonds is 11. The van der Waals surface area contributed by atoms with Gasteiger partial charge in [-0.25, -0.2) is 9.59 Å². The van der Waals surface area contributed by atoms with Crippen molar-refractivity contribution in [3.8, 4) is 0 Å². The number of ether oxygens (including phenoxy) is 2. The Labute approximate surface area is 183 Å². The lowest BCUT2D eigenvalue weighted by Crippen LogP contribution is -2.41. The maximum Gasteiger partial charge on any atom is 0.330 e. The zero-order chi connectivity index (χ0) is 21.9. The fourth-order valence-electron chi connectivity index (χ4n) is 5.85. The van der Waals surface area contributed by atoms with Gasteiger partial charge in [-0.2, -0.15) is 0 Å². The molecule has 0 N–H and O–H groups in total. The molecule has 0 aliphatic heterocycles. The third kappa shape index (κ3) is 7.28. The first kappa shape index (κ1) is 24.7. The lowest BCUT2D eigenvalue weighted by Gasteiger charge is -2.46. The van der Waals surface area contributed by atoms with E-state index in [1.807, 2.05) is 0 Å². The van der Waals surface area contributed by atoms with Crippen molar-refractivity contribution >= 4 is 11.9 Å². The first-order chi connectivity index (χ1) is 14.5. The van der Waals surface area contributed by atoms with Crippen LogP contribution in [0.4, 0.5) is 0 Å². The van der Waals surface area contributed by atoms with Gasteiger partial charge in [0.1, 0.15) is 12.2 Å². The molecule has 0 aromatic rings. The molecule has 2 rings (SSSR count). The third-order valence-corrected chi connectivity index (χ3v) is 7.29. The summed E-state index contributed by atoms with van der Waals surface area (Å²) in [6.45, 7) is 11.6. The van der Waals surface area contributed by atoms with E-state index in [-0.39, 0.29) is 24.1 Å². The Kier molecular flexibility index (Phi) is 10.7. The highest BCUT2D eigenvalue weighted by Crippen LogP contribution is 2.48. The molecule has 0 amide bonds. The van der Waals surface area contributed by atoms with Crippen LogP contribution in [0, 0.1) is 23.7 Å². The Morgan fingerprint density at radius 1 is 0.767 bits per heavy atom. The average molecular weight is 419 g/mol. The van der Waals surface area contributed by atoms with E-state index in [0.29, 0.717) is 23.7 Å². The molecule has 0 radical (unpaired) electrons. The number of hydrogen-bond acceptors (Lipinski definition) is 4. The van der Waals surface area contributed by atoms with E-state index in [4.69, 9.17) is 9.47 Å². The van der Waals surface area contributed by atoms with Crippen molar-refractivity contribution in [1.82, 2.24) is 0 Å². The summed E-state index contributed by atoms with van der Waals surface area (Å²) in [6, 6.07) is 0. The number of unbranched alkanes of at least 4 members (excludes halogenated alkanes) is 2. The van der Waals surface area contributed by atoms with Crippen molar-refractivity contribution in [2.24, 2.45) is 23.7 Å². The summed E-state index contributed by atoms with van der Waals surface area (Å²) in [5, 5.41) is 0. The van der Waals surface area contributed by atoms with Crippen molar-refractivity contribution in [3.63, 3.8) is 0 Å². The SMILES string of the molecule is C=CC(=O)OC1CCC(C2CCC(OC(=O)C=C)CC2CCCC)C(CCCC)C1. The average Bonchev–Trinajstić information content (AvgIpc) is 2.76. The summed E-state index contributed by atoms with van der Waals surface area (Å²) in [5.41, 5.74) is 0. The van der Waals surface area contributed by atoms with Crippen LogP contribution in [-0.4, -0.2) is 24.1 Å². The molecule has 2 saturated carbocycles. The molecule has 0 aromatic carbocycles. The first-order valence-corrected chi connectivity index (χ1v) is 12.2. The molecule has 170 valence electrons. The minimum Gasteiger partial charge on any atom is -0.459 e. The number of carbonyl (C=O) groups is 2. The van der Waals surface area contributed by atoms with Crippen LogP contribution in [0.5, 0.6) is 0 Å². The van der Waals surface area contributed by atoms with Gasteiger partial charge in [-0.3, -0.25) is 0 Å². The van der Waals surface area contributed by atoms with Crippen molar-refractivity contribution in [3.05, 3.63) is 25.3 Å². The lowest BCUT2D eigenvalue weighted by atomic mass is 9.61. The van der Waals surface area contributed by atoms with Gasteiger partial charge in [0.15, 0.2) is 0 Å². The highest BCUT2D eigenvalue weighted by atomic mass is 16.5. The van der Waals surface area contributed by atoms with Gasteiger partial charge in [0.05, 0.1) is 0 Å². The van der Waals surface area contributed by atoms with Crippen LogP contribution < -0.4 is 0 Å². The maximum atomic E-state index is 11.7. The summed E-state index contributed by atoms with van der Waals surface area (Å²) < 4.78 is 11.3. The van der Waals surface area contributed by atoms with Crippen LogP contribution in [0.15, 0.2) is 25.3 Å². The molecular formula is C26H42O4. The van der Waals surface area contributed by atoms with Crippen LogP contribution in [-0.2, 0) is 19.1 Å². The van der Waals surface area contributed by atoms with E-state index >= 15 is 0 Å². The third-order valence-electron chi connectivity index (χ3n) is 7.29. The summed E-state index contributed by atoms with van der Waals surface area (Å²) >= 11 is 0. The molecule has 0 saturated heterocycles. The van der Waals surface area contributed by atoms with Gasteiger partial charge < -0.3 is 9.47 Å². The second-order valence-corrected chi connectivity index (χ2v) is 9.28. The smallest absolute Gasteiger partial charge is 0.330 e. The molecule has 0 bridgehead atoms. The highest BCUT2D eigenvalue weighted by molar-refractivity contribution is 5.81. The van der Waals surface area contributed by atoms with Crippen LogP contribution >= 0.6 is 0 Å². The fourth-order valence-corrected chi connectivity index (χ4v) is 5.85. The first-order valence-electron chi connectivity index (χ1n) is 12.2. The Balaban J connectivity index is 2.09. The monoisotopic (exact) mass is 418 g/mol. The maximum absolute atomic E-state index is 11.7. The van der Waals surface area contributed by atoms with Gasteiger partial charge >= 0.3 is 11.9 Å². The molecule has 2 fully saturated rings. The van der Waals surface area contributed by atoms with E-state index in [1.54, 1.807) is 0 Å². The number of carbonyl (C=O) groups excluding carboxylic acids is 2. The normalized spacial score (nSPS) is 31.5. The van der Waals surface area contributed by atoms with Crippen molar-refractivity contribution in [2.45, 2.75) is 103 Å². The predicted octanol–water partition coefficient (Wildman–Crippen LogP) is 6.40. The van der Waals surface area contributed by atoms with Crippen molar-refractivity contribution in [1.29, 1.82) is 0 Å². The molecule has 6 atom stereocenters. The van der Waals surface area contributed by atoms with Gasteiger partial charge in [0.2, 0.25) is 0 Å². The standard InChI is InChI=1S/C26H42O4/c1-5-9-11-19-17-21(29-25(27)7-3)13-15-23(19)24-16-14-22(30-26(28)8-4)18-20(24)12-10-6-2/h7-8,19-24H,3-6,9-18H2,1-2H3. The molecule has 30 heavy (non-hydrogen) atoms. The number of hydrogen-bond donors (Lipinski definition) is 0. The van der Waals surface area contributed by atoms with Gasteiger partial charge in [-0.05, 0) is 62.2 Å². The summed E-state index contributed by atoms with van der Waals surface area (Å²) in [7, 11) is 0. The largest absolute Gasteiger partial charge is 0.459 e. The Bertz CT molecular complexity index is 519. The highest BCUT2D eigenvalue weighted by Gasteiger charge is 2.42. The molecular weight excluding hydrogens is 376 g/mol. The van der Waals surface area contributed by atoms with Crippen LogP contribution in [0.3, 0.4) is 0 Å². The predicted molar refractivity (Wildman–Crippen MR) is 121 cm³/mol. The van der Waals surface area contributed by atoms with E-state index in [1.165, 1.54) is 50.7 Å². The summed E-state index contributed by atoms with van der Waals surface area (Å²) in [6.07, 6.45) is 16.1. The summed E-state index contributed by atoms with van der Waals surface area (Å²) in [4.78, 5) is 23.4. The Morgan fingerprint density at radius 2 is 1.17 bits per heavy atom. The molecule has 4 heteroatoms. The van der Waals surface area contributed by atoms with Crippen LogP contribution in [0.1, 0.15) is 90.9 Å². The lowest BCUT2D eigenvalue weighted by molar-refractivity contribution is -0.150. The quantitative estimate of drug-likeness (QED) is 0.288. The fraction of sp³-hybridized carbons (Fsp3) is 0.769. The zero-order valence-corrected chi connectivity index (χ0v) is 19.2. The minimum absolute atomic E-state index is 0.0348. The van der Waals surface area contributed by atoms with Crippen LogP contribution in [0.2, 0.25) is 0 Å². The molecule has 0 spiro atoms. The van der Waals surface area contributed by atoms with E-state index in [0.717, 1.165) is 38.5 Å². The van der Waals surface area contributed by atoms with Crippen molar-refractivity contribution < 1.29 is 19.1 Å². The molecule has 0 heterocycles. The van der Waals surface area contributed by atoms with Gasteiger partial charge in [0.25, 0.3) is 0 Å². The van der Waals surface area contributed by atoms with Gasteiger partial charge in [0, 0.05) is 12.2 Å². The van der Waals surface area contributed by atoms with E-state index in [2.05, 4.69) is 27.0 Å². The van der Waals surface area contributed by atoms with E-state index < -0.39 is 0 Å². The second-order valence-electron chi connectivity index (χ2n) is 9.28. The van der Waals surface area contributed by atoms with Gasteiger partial charge in [-0.15, -0.1) is 0 Å². The number of esters is 2. The molecule has 4 nitrogen and oxygen atoms in total. The summed E-state index contributed by atoms with van der Waals surface area (Å²) in [5.74, 6) is 2.02.